The summed E-state index contributed by atoms with van der Waals surface area (Å²) in [6.07, 6.45) is 1.56. The highest BCUT2D eigenvalue weighted by Crippen LogP contribution is 2.34. The molecule has 3 amide bonds. The molecule has 0 aliphatic carbocycles. The van der Waals surface area contributed by atoms with Gasteiger partial charge in [-0.3, -0.25) is 14.5 Å². The van der Waals surface area contributed by atoms with Crippen LogP contribution in [-0.4, -0.2) is 90.4 Å². The average molecular weight is 465 g/mol. The second-order valence-electron chi connectivity index (χ2n) is 8.60. The Kier molecular flexibility index (Phi) is 8.25. The molecule has 33 heavy (non-hydrogen) atoms. The van der Waals surface area contributed by atoms with Gasteiger partial charge >= 0.3 is 6.09 Å². The number of nitrogens with zero attached hydrogens (tertiary/aromatic N) is 1. The predicted molar refractivity (Wildman–Crippen MR) is 119 cm³/mol. The molecule has 2 saturated heterocycles. The number of hydrogen-bond acceptors (Lipinski definition) is 8. The number of carbonyl (C=O) groups excluding carboxylic acids is 3. The molecule has 11 heteroatoms. The SMILES string of the molecule is O=C(CCCNC(=O)c1ccc(N2CC3(CCNCC3)OC2=O)cc1)NC(CO)(CO)CO. The Bertz CT molecular complexity index is 827. The number of hydrogen-bond donors (Lipinski definition) is 6. The summed E-state index contributed by atoms with van der Waals surface area (Å²) in [6, 6.07) is 6.69. The van der Waals surface area contributed by atoms with Crippen molar-refractivity contribution in [2.75, 3.05) is 50.9 Å². The number of amides is 3. The molecule has 0 atom stereocenters. The van der Waals surface area contributed by atoms with Gasteiger partial charge in [0.2, 0.25) is 5.91 Å². The maximum Gasteiger partial charge on any atom is 0.415 e. The second-order valence-corrected chi connectivity index (χ2v) is 8.60. The van der Waals surface area contributed by atoms with Gasteiger partial charge in [0.15, 0.2) is 0 Å². The van der Waals surface area contributed by atoms with Gasteiger partial charge in [0, 0.05) is 37.1 Å². The van der Waals surface area contributed by atoms with Crippen molar-refractivity contribution in [3.63, 3.8) is 0 Å². The summed E-state index contributed by atoms with van der Waals surface area (Å²) in [6.45, 7) is 0.586. The molecular weight excluding hydrogens is 432 g/mol. The Morgan fingerprint density at radius 2 is 1.73 bits per heavy atom. The standard InChI is InChI=1S/C22H32N4O7/c27-13-21(14-28,15-29)25-18(30)2-1-9-24-19(31)16-3-5-17(6-4-16)26-12-22(33-20(26)32)7-10-23-11-8-22/h3-6,23,27-29H,1-2,7-15H2,(H,24,31)(H,25,30). The van der Waals surface area contributed by atoms with Crippen molar-refractivity contribution < 1.29 is 34.4 Å². The first-order valence-electron chi connectivity index (χ1n) is 11.1. The van der Waals surface area contributed by atoms with Crippen LogP contribution in [0.25, 0.3) is 0 Å². The minimum Gasteiger partial charge on any atom is -0.441 e. The van der Waals surface area contributed by atoms with Gasteiger partial charge in [-0.1, -0.05) is 0 Å². The number of anilines is 1. The van der Waals surface area contributed by atoms with Gasteiger partial charge in [-0.05, 0) is 43.8 Å². The zero-order chi connectivity index (χ0) is 23.9. The lowest BCUT2D eigenvalue weighted by Crippen LogP contribution is -2.57. The molecule has 2 aliphatic rings. The van der Waals surface area contributed by atoms with Crippen molar-refractivity contribution in [1.29, 1.82) is 0 Å². The molecule has 2 fully saturated rings. The summed E-state index contributed by atoms with van der Waals surface area (Å²) in [4.78, 5) is 38.3. The fourth-order valence-corrected chi connectivity index (χ4v) is 3.94. The molecule has 0 unspecified atom stereocenters. The quantitative estimate of drug-likeness (QED) is 0.243. The Morgan fingerprint density at radius 3 is 2.33 bits per heavy atom. The van der Waals surface area contributed by atoms with Crippen LogP contribution in [0.4, 0.5) is 10.5 Å². The second kappa shape index (κ2) is 10.9. The molecule has 2 aliphatic heterocycles. The van der Waals surface area contributed by atoms with Gasteiger partial charge in [0.05, 0.1) is 26.4 Å². The molecule has 0 aromatic heterocycles. The number of carbonyl (C=O) groups is 3. The summed E-state index contributed by atoms with van der Waals surface area (Å²) in [5.41, 5.74) is -0.816. The first-order valence-corrected chi connectivity index (χ1v) is 11.1. The molecular formula is C22H32N4O7. The van der Waals surface area contributed by atoms with Gasteiger partial charge in [-0.2, -0.15) is 0 Å². The zero-order valence-corrected chi connectivity index (χ0v) is 18.5. The van der Waals surface area contributed by atoms with Gasteiger partial charge < -0.3 is 36.0 Å². The van der Waals surface area contributed by atoms with Crippen molar-refractivity contribution in [3.05, 3.63) is 29.8 Å². The molecule has 0 radical (unpaired) electrons. The van der Waals surface area contributed by atoms with E-state index in [2.05, 4.69) is 16.0 Å². The third-order valence-corrected chi connectivity index (χ3v) is 6.11. The highest BCUT2D eigenvalue weighted by Gasteiger charge is 2.46. The van der Waals surface area contributed by atoms with Crippen molar-refractivity contribution in [2.24, 2.45) is 0 Å². The number of aliphatic hydroxyl groups excluding tert-OH is 3. The van der Waals surface area contributed by atoms with Crippen molar-refractivity contribution in [1.82, 2.24) is 16.0 Å². The highest BCUT2D eigenvalue weighted by molar-refractivity contribution is 5.96. The molecule has 2 heterocycles. The fraction of sp³-hybridized carbons (Fsp3) is 0.591. The van der Waals surface area contributed by atoms with Crippen LogP contribution in [0.3, 0.4) is 0 Å². The Hall–Kier alpha value is -2.73. The third kappa shape index (κ3) is 5.99. The topological polar surface area (TPSA) is 160 Å². The lowest BCUT2D eigenvalue weighted by Gasteiger charge is -2.31. The van der Waals surface area contributed by atoms with E-state index in [4.69, 9.17) is 4.74 Å². The Labute approximate surface area is 192 Å². The number of aliphatic hydroxyl groups is 3. The first-order chi connectivity index (χ1) is 15.9. The molecule has 0 saturated carbocycles. The zero-order valence-electron chi connectivity index (χ0n) is 18.5. The van der Waals surface area contributed by atoms with Gasteiger partial charge in [0.1, 0.15) is 11.1 Å². The Morgan fingerprint density at radius 1 is 1.09 bits per heavy atom. The molecule has 1 aromatic carbocycles. The van der Waals surface area contributed by atoms with E-state index in [0.29, 0.717) is 24.2 Å². The van der Waals surface area contributed by atoms with E-state index < -0.39 is 36.9 Å². The van der Waals surface area contributed by atoms with E-state index in [1.807, 2.05) is 0 Å². The Balaban J connectivity index is 1.45. The van der Waals surface area contributed by atoms with E-state index in [1.165, 1.54) is 0 Å². The van der Waals surface area contributed by atoms with E-state index in [1.54, 1.807) is 29.2 Å². The van der Waals surface area contributed by atoms with Crippen LogP contribution in [0.1, 0.15) is 36.0 Å². The van der Waals surface area contributed by atoms with Crippen LogP contribution in [-0.2, 0) is 9.53 Å². The lowest BCUT2D eigenvalue weighted by molar-refractivity contribution is -0.125. The van der Waals surface area contributed by atoms with Crippen LogP contribution < -0.4 is 20.9 Å². The summed E-state index contributed by atoms with van der Waals surface area (Å²) in [7, 11) is 0. The highest BCUT2D eigenvalue weighted by atomic mass is 16.6. The first kappa shape index (κ1) is 24.9. The van der Waals surface area contributed by atoms with Gasteiger partial charge in [-0.15, -0.1) is 0 Å². The predicted octanol–water partition coefficient (Wildman–Crippen LogP) is -0.893. The van der Waals surface area contributed by atoms with Crippen LogP contribution >= 0.6 is 0 Å². The molecule has 0 bridgehead atoms. The number of nitrogens with one attached hydrogen (secondary N) is 3. The summed E-state index contributed by atoms with van der Waals surface area (Å²) in [5, 5.41) is 36.1. The largest absolute Gasteiger partial charge is 0.441 e. The molecule has 6 N–H and O–H groups in total. The smallest absolute Gasteiger partial charge is 0.415 e. The lowest BCUT2D eigenvalue weighted by atomic mass is 9.92. The van der Waals surface area contributed by atoms with Gasteiger partial charge in [-0.25, -0.2) is 4.79 Å². The van der Waals surface area contributed by atoms with Crippen LogP contribution in [0, 0.1) is 0 Å². The number of ether oxygens (including phenoxy) is 1. The minimum atomic E-state index is -1.46. The third-order valence-electron chi connectivity index (χ3n) is 6.11. The summed E-state index contributed by atoms with van der Waals surface area (Å²) in [5.74, 6) is -0.758. The molecule has 11 nitrogen and oxygen atoms in total. The summed E-state index contributed by atoms with van der Waals surface area (Å²) < 4.78 is 5.66. The number of benzene rings is 1. The molecule has 1 aromatic rings. The number of rotatable bonds is 10. The maximum atomic E-state index is 12.4. The number of piperidine rings is 1. The maximum absolute atomic E-state index is 12.4. The summed E-state index contributed by atoms with van der Waals surface area (Å²) >= 11 is 0. The van der Waals surface area contributed by atoms with Crippen LogP contribution in [0.2, 0.25) is 0 Å². The van der Waals surface area contributed by atoms with Crippen molar-refractivity contribution in [3.8, 4) is 0 Å². The van der Waals surface area contributed by atoms with E-state index in [-0.39, 0.29) is 25.0 Å². The van der Waals surface area contributed by atoms with Crippen molar-refractivity contribution in [2.45, 2.75) is 36.8 Å². The minimum absolute atomic E-state index is 0.0509. The van der Waals surface area contributed by atoms with Crippen LogP contribution in [0.5, 0.6) is 0 Å². The van der Waals surface area contributed by atoms with E-state index in [0.717, 1.165) is 25.9 Å². The van der Waals surface area contributed by atoms with E-state index in [9.17, 15) is 29.7 Å². The molecule has 182 valence electrons. The average Bonchev–Trinajstić information content (AvgIpc) is 3.15. The van der Waals surface area contributed by atoms with Crippen molar-refractivity contribution >= 4 is 23.6 Å². The fourth-order valence-electron chi connectivity index (χ4n) is 3.94. The van der Waals surface area contributed by atoms with Crippen LogP contribution in [0.15, 0.2) is 24.3 Å². The molecule has 1 spiro atoms. The normalized spacial score (nSPS) is 17.7. The monoisotopic (exact) mass is 464 g/mol. The van der Waals surface area contributed by atoms with E-state index >= 15 is 0 Å². The van der Waals surface area contributed by atoms with Gasteiger partial charge in [0.25, 0.3) is 5.91 Å². The molecule has 3 rings (SSSR count).